The number of ether oxygens (including phenoxy) is 1. The zero-order chi connectivity index (χ0) is 12.8. The average molecular weight is 254 g/mol. The maximum Gasteiger partial charge on any atom is 0.0591 e. The smallest absolute Gasteiger partial charge is 0.0591 e. The lowest BCUT2D eigenvalue weighted by Gasteiger charge is -2.37. The second-order valence-corrected chi connectivity index (χ2v) is 6.73. The Hall–Kier alpha value is -0.120. The van der Waals surface area contributed by atoms with Gasteiger partial charge in [0.1, 0.15) is 0 Å². The molecule has 1 aliphatic heterocycles. The van der Waals surface area contributed by atoms with E-state index in [0.717, 1.165) is 38.1 Å². The van der Waals surface area contributed by atoms with Crippen molar-refractivity contribution in [3.05, 3.63) is 0 Å². The lowest BCUT2D eigenvalue weighted by atomic mass is 9.75. The van der Waals surface area contributed by atoms with Gasteiger partial charge in [0.25, 0.3) is 0 Å². The van der Waals surface area contributed by atoms with Crippen LogP contribution in [-0.2, 0) is 4.74 Å². The quantitative estimate of drug-likeness (QED) is 0.650. The highest BCUT2D eigenvalue weighted by Gasteiger charge is 2.30. The number of nitrogens with one attached hydrogen (secondary N) is 2. The summed E-state index contributed by atoms with van der Waals surface area (Å²) in [6.07, 6.45) is 5.47. The number of piperidine rings is 1. The molecule has 0 bridgehead atoms. The van der Waals surface area contributed by atoms with Crippen molar-refractivity contribution < 1.29 is 4.74 Å². The van der Waals surface area contributed by atoms with Gasteiger partial charge < -0.3 is 15.4 Å². The predicted octanol–water partition coefficient (Wildman–Crippen LogP) is 2.03. The first-order chi connectivity index (χ1) is 8.68. The van der Waals surface area contributed by atoms with Gasteiger partial charge in [-0.15, -0.1) is 0 Å². The fraction of sp³-hybridized carbons (Fsp3) is 1.00. The molecule has 106 valence electrons. The highest BCUT2D eigenvalue weighted by Crippen LogP contribution is 2.31. The SMILES string of the molecule is CC(C)(CNCCOCC1CC1)C1CCCNC1. The van der Waals surface area contributed by atoms with Gasteiger partial charge in [-0.1, -0.05) is 13.8 Å². The molecule has 0 radical (unpaired) electrons. The Morgan fingerprint density at radius 3 is 2.78 bits per heavy atom. The third kappa shape index (κ3) is 4.87. The molecule has 0 aromatic carbocycles. The van der Waals surface area contributed by atoms with Crippen molar-refractivity contribution in [1.29, 1.82) is 0 Å². The van der Waals surface area contributed by atoms with E-state index >= 15 is 0 Å². The van der Waals surface area contributed by atoms with Crippen molar-refractivity contribution >= 4 is 0 Å². The molecule has 3 heteroatoms. The topological polar surface area (TPSA) is 33.3 Å². The minimum absolute atomic E-state index is 0.393. The van der Waals surface area contributed by atoms with Crippen LogP contribution in [0.15, 0.2) is 0 Å². The van der Waals surface area contributed by atoms with E-state index in [1.54, 1.807) is 0 Å². The van der Waals surface area contributed by atoms with Gasteiger partial charge in [0.05, 0.1) is 6.61 Å². The number of hydrogen-bond donors (Lipinski definition) is 2. The third-order valence-electron chi connectivity index (χ3n) is 4.46. The van der Waals surface area contributed by atoms with E-state index < -0.39 is 0 Å². The molecule has 0 aromatic rings. The lowest BCUT2D eigenvalue weighted by molar-refractivity contribution is 0.117. The van der Waals surface area contributed by atoms with Crippen molar-refractivity contribution in [2.24, 2.45) is 17.3 Å². The molecule has 0 spiro atoms. The molecule has 1 saturated carbocycles. The molecule has 2 aliphatic rings. The van der Waals surface area contributed by atoms with Crippen LogP contribution < -0.4 is 10.6 Å². The van der Waals surface area contributed by atoms with Crippen molar-refractivity contribution in [2.75, 3.05) is 39.4 Å². The fourth-order valence-corrected chi connectivity index (χ4v) is 2.75. The van der Waals surface area contributed by atoms with E-state index in [4.69, 9.17) is 4.74 Å². The Kier molecular flexibility index (Phi) is 5.46. The molecule has 1 atom stereocenters. The highest BCUT2D eigenvalue weighted by molar-refractivity contribution is 4.84. The van der Waals surface area contributed by atoms with E-state index in [-0.39, 0.29) is 0 Å². The number of rotatable bonds is 8. The molecule has 3 nitrogen and oxygen atoms in total. The molecule has 1 heterocycles. The van der Waals surface area contributed by atoms with E-state index in [0.29, 0.717) is 5.41 Å². The Labute approximate surface area is 112 Å². The minimum Gasteiger partial charge on any atom is -0.380 e. The van der Waals surface area contributed by atoms with Gasteiger partial charge in [0.15, 0.2) is 0 Å². The van der Waals surface area contributed by atoms with Crippen molar-refractivity contribution in [2.45, 2.75) is 39.5 Å². The van der Waals surface area contributed by atoms with Crippen LogP contribution in [0.3, 0.4) is 0 Å². The predicted molar refractivity (Wildman–Crippen MR) is 75.8 cm³/mol. The Morgan fingerprint density at radius 1 is 1.28 bits per heavy atom. The van der Waals surface area contributed by atoms with Gasteiger partial charge in [0.2, 0.25) is 0 Å². The van der Waals surface area contributed by atoms with Gasteiger partial charge in [-0.2, -0.15) is 0 Å². The molecule has 2 rings (SSSR count). The molecule has 0 amide bonds. The lowest BCUT2D eigenvalue weighted by Crippen LogP contribution is -2.43. The van der Waals surface area contributed by atoms with E-state index in [2.05, 4.69) is 24.5 Å². The summed E-state index contributed by atoms with van der Waals surface area (Å²) in [5, 5.41) is 7.08. The molecule has 1 aliphatic carbocycles. The van der Waals surface area contributed by atoms with Crippen LogP contribution in [0.4, 0.5) is 0 Å². The summed E-state index contributed by atoms with van der Waals surface area (Å²) in [5.74, 6) is 1.70. The van der Waals surface area contributed by atoms with Crippen molar-refractivity contribution in [3.8, 4) is 0 Å². The Morgan fingerprint density at radius 2 is 2.11 bits per heavy atom. The zero-order valence-electron chi connectivity index (χ0n) is 12.1. The summed E-state index contributed by atoms with van der Waals surface area (Å²) in [5.41, 5.74) is 0.393. The van der Waals surface area contributed by atoms with Gasteiger partial charge in [-0.05, 0) is 56.0 Å². The summed E-state index contributed by atoms with van der Waals surface area (Å²) >= 11 is 0. The van der Waals surface area contributed by atoms with Crippen LogP contribution in [0.25, 0.3) is 0 Å². The van der Waals surface area contributed by atoms with E-state index in [9.17, 15) is 0 Å². The van der Waals surface area contributed by atoms with Crippen LogP contribution >= 0.6 is 0 Å². The second-order valence-electron chi connectivity index (χ2n) is 6.73. The van der Waals surface area contributed by atoms with Gasteiger partial charge in [-0.3, -0.25) is 0 Å². The van der Waals surface area contributed by atoms with Crippen molar-refractivity contribution in [1.82, 2.24) is 10.6 Å². The summed E-state index contributed by atoms with van der Waals surface area (Å²) in [7, 11) is 0. The molecule has 18 heavy (non-hydrogen) atoms. The normalized spacial score (nSPS) is 25.3. The summed E-state index contributed by atoms with van der Waals surface area (Å²) in [6, 6.07) is 0. The summed E-state index contributed by atoms with van der Waals surface area (Å²) in [6.45, 7) is 11.1. The van der Waals surface area contributed by atoms with Crippen LogP contribution in [-0.4, -0.2) is 39.4 Å². The molecule has 1 unspecified atom stereocenters. The average Bonchev–Trinajstić information content (AvgIpc) is 3.19. The maximum absolute atomic E-state index is 5.64. The minimum atomic E-state index is 0.393. The first kappa shape index (κ1) is 14.3. The molecular weight excluding hydrogens is 224 g/mol. The molecular formula is C15H30N2O. The molecule has 2 N–H and O–H groups in total. The molecule has 0 aromatic heterocycles. The first-order valence-electron chi connectivity index (χ1n) is 7.68. The van der Waals surface area contributed by atoms with Gasteiger partial charge in [0, 0.05) is 19.7 Å². The van der Waals surface area contributed by atoms with Crippen LogP contribution in [0.1, 0.15) is 39.5 Å². The zero-order valence-corrected chi connectivity index (χ0v) is 12.1. The fourth-order valence-electron chi connectivity index (χ4n) is 2.75. The van der Waals surface area contributed by atoms with Crippen LogP contribution in [0, 0.1) is 17.3 Å². The monoisotopic (exact) mass is 254 g/mol. The third-order valence-corrected chi connectivity index (χ3v) is 4.46. The summed E-state index contributed by atoms with van der Waals surface area (Å²) < 4.78 is 5.64. The Bertz CT molecular complexity index is 233. The standard InChI is InChI=1S/C15H30N2O/c1-15(2,14-4-3-7-16-10-14)12-17-8-9-18-11-13-5-6-13/h13-14,16-17H,3-12H2,1-2H3. The number of hydrogen-bond acceptors (Lipinski definition) is 3. The molecule has 1 saturated heterocycles. The van der Waals surface area contributed by atoms with Crippen LogP contribution in [0.5, 0.6) is 0 Å². The molecule has 2 fully saturated rings. The van der Waals surface area contributed by atoms with Gasteiger partial charge >= 0.3 is 0 Å². The van der Waals surface area contributed by atoms with Gasteiger partial charge in [-0.25, -0.2) is 0 Å². The van der Waals surface area contributed by atoms with Crippen LogP contribution in [0.2, 0.25) is 0 Å². The van der Waals surface area contributed by atoms with E-state index in [1.807, 2.05) is 0 Å². The van der Waals surface area contributed by atoms with Crippen molar-refractivity contribution in [3.63, 3.8) is 0 Å². The Balaban J connectivity index is 1.52. The maximum atomic E-state index is 5.64. The first-order valence-corrected chi connectivity index (χ1v) is 7.68. The largest absolute Gasteiger partial charge is 0.380 e. The summed E-state index contributed by atoms with van der Waals surface area (Å²) in [4.78, 5) is 0. The highest BCUT2D eigenvalue weighted by atomic mass is 16.5. The van der Waals surface area contributed by atoms with E-state index in [1.165, 1.54) is 38.8 Å². The second kappa shape index (κ2) is 6.88.